The van der Waals surface area contributed by atoms with E-state index in [2.05, 4.69) is 28.7 Å². The van der Waals surface area contributed by atoms with Gasteiger partial charge in [0, 0.05) is 23.4 Å². The van der Waals surface area contributed by atoms with Crippen molar-refractivity contribution in [1.82, 2.24) is 5.43 Å². The van der Waals surface area contributed by atoms with Crippen LogP contribution in [0.1, 0.15) is 11.1 Å². The number of nitro benzene ring substituents is 1. The predicted molar refractivity (Wildman–Crippen MR) is 126 cm³/mol. The molecule has 0 atom stereocenters. The summed E-state index contributed by atoms with van der Waals surface area (Å²) >= 11 is 1.42. The Kier molecular flexibility index (Phi) is 6.24. The summed E-state index contributed by atoms with van der Waals surface area (Å²) in [6.45, 7) is 0. The third-order valence-corrected chi connectivity index (χ3v) is 5.85. The average Bonchev–Trinajstić information content (AvgIpc) is 2.79. The summed E-state index contributed by atoms with van der Waals surface area (Å²) in [5.74, 6) is 0.626. The van der Waals surface area contributed by atoms with Crippen LogP contribution in [-0.2, 0) is 10.5 Å². The van der Waals surface area contributed by atoms with Crippen molar-refractivity contribution in [3.05, 3.63) is 100 Å². The number of hydrazone groups is 1. The zero-order chi connectivity index (χ0) is 21.6. The van der Waals surface area contributed by atoms with E-state index in [1.807, 2.05) is 36.4 Å². The van der Waals surface area contributed by atoms with Crippen LogP contribution in [0.15, 0.2) is 84.0 Å². The fourth-order valence-corrected chi connectivity index (χ4v) is 4.14. The SMILES string of the molecule is O=C(CSCc1ccc([N+](=O)[O-])cc1)NN=Cc1c2ccccc2cc2ccccc12. The Morgan fingerprint density at radius 3 is 2.19 bits per heavy atom. The fourth-order valence-electron chi connectivity index (χ4n) is 3.36. The molecule has 4 rings (SSSR count). The minimum atomic E-state index is -0.429. The van der Waals surface area contributed by atoms with Crippen molar-refractivity contribution in [2.45, 2.75) is 5.75 Å². The molecule has 4 aromatic carbocycles. The lowest BCUT2D eigenvalue weighted by Crippen LogP contribution is -2.19. The van der Waals surface area contributed by atoms with Gasteiger partial charge < -0.3 is 0 Å². The Bertz CT molecular complexity index is 1230. The monoisotopic (exact) mass is 429 g/mol. The molecule has 0 radical (unpaired) electrons. The van der Waals surface area contributed by atoms with E-state index in [9.17, 15) is 14.9 Å². The molecule has 1 N–H and O–H groups in total. The lowest BCUT2D eigenvalue weighted by atomic mass is 9.97. The van der Waals surface area contributed by atoms with Crippen LogP contribution >= 0.6 is 11.8 Å². The molecule has 0 heterocycles. The van der Waals surface area contributed by atoms with Crippen LogP contribution in [0.25, 0.3) is 21.5 Å². The standard InChI is InChI=1S/C24H19N3O3S/c28-24(16-31-15-17-9-11-20(12-10-17)27(29)30)26-25-14-23-21-7-3-1-5-18(21)13-19-6-2-4-8-22(19)23/h1-14H,15-16H2,(H,26,28). The minimum absolute atomic E-state index is 0.0572. The number of carbonyl (C=O) groups is 1. The number of nitrogens with zero attached hydrogens (tertiary/aromatic N) is 2. The van der Waals surface area contributed by atoms with Gasteiger partial charge in [-0.1, -0.05) is 60.7 Å². The van der Waals surface area contributed by atoms with Crippen LogP contribution in [0.2, 0.25) is 0 Å². The van der Waals surface area contributed by atoms with Crippen LogP contribution in [-0.4, -0.2) is 22.8 Å². The second-order valence-corrected chi connectivity index (χ2v) is 7.93. The van der Waals surface area contributed by atoms with Gasteiger partial charge in [0.05, 0.1) is 16.9 Å². The van der Waals surface area contributed by atoms with Crippen molar-refractivity contribution in [2.24, 2.45) is 5.10 Å². The maximum atomic E-state index is 12.2. The molecule has 0 bridgehead atoms. The molecule has 6 nitrogen and oxygen atoms in total. The third-order valence-electron chi connectivity index (χ3n) is 4.84. The first-order valence-electron chi connectivity index (χ1n) is 9.65. The summed E-state index contributed by atoms with van der Waals surface area (Å²) in [6.07, 6.45) is 1.70. The Hall–Kier alpha value is -3.71. The molecule has 0 spiro atoms. The van der Waals surface area contributed by atoms with Crippen molar-refractivity contribution in [1.29, 1.82) is 0 Å². The first-order valence-corrected chi connectivity index (χ1v) is 10.8. The van der Waals surface area contributed by atoms with Crippen molar-refractivity contribution < 1.29 is 9.72 Å². The first-order chi connectivity index (χ1) is 15.1. The molecule has 1 amide bonds. The number of hydrogen-bond donors (Lipinski definition) is 1. The van der Waals surface area contributed by atoms with Gasteiger partial charge in [-0.05, 0) is 33.2 Å². The van der Waals surface area contributed by atoms with Crippen molar-refractivity contribution >= 4 is 51.1 Å². The molecule has 0 unspecified atom stereocenters. The minimum Gasteiger partial charge on any atom is -0.272 e. The van der Waals surface area contributed by atoms with Gasteiger partial charge in [-0.25, -0.2) is 5.43 Å². The van der Waals surface area contributed by atoms with Gasteiger partial charge in [0.15, 0.2) is 0 Å². The highest BCUT2D eigenvalue weighted by Crippen LogP contribution is 2.27. The number of hydrogen-bond acceptors (Lipinski definition) is 5. The number of non-ortho nitro benzene ring substituents is 1. The highest BCUT2D eigenvalue weighted by atomic mass is 32.2. The lowest BCUT2D eigenvalue weighted by Gasteiger charge is -2.08. The number of rotatable bonds is 7. The van der Waals surface area contributed by atoms with E-state index >= 15 is 0 Å². The van der Waals surface area contributed by atoms with E-state index in [1.165, 1.54) is 23.9 Å². The molecule has 0 saturated heterocycles. The Balaban J connectivity index is 1.39. The lowest BCUT2D eigenvalue weighted by molar-refractivity contribution is -0.384. The van der Waals surface area contributed by atoms with Gasteiger partial charge in [-0.15, -0.1) is 11.8 Å². The average molecular weight is 430 g/mol. The molecule has 0 fully saturated rings. The maximum absolute atomic E-state index is 12.2. The van der Waals surface area contributed by atoms with Gasteiger partial charge in [0.1, 0.15) is 0 Å². The molecule has 0 aliphatic heterocycles. The van der Waals surface area contributed by atoms with E-state index < -0.39 is 4.92 Å². The molecular weight excluding hydrogens is 410 g/mol. The Morgan fingerprint density at radius 1 is 0.968 bits per heavy atom. The number of nitro groups is 1. The normalized spacial score (nSPS) is 11.2. The van der Waals surface area contributed by atoms with Crippen LogP contribution in [0, 0.1) is 10.1 Å². The highest BCUT2D eigenvalue weighted by Gasteiger charge is 2.07. The van der Waals surface area contributed by atoms with Crippen LogP contribution < -0.4 is 5.43 Å². The fraction of sp³-hybridized carbons (Fsp3) is 0.0833. The summed E-state index contributed by atoms with van der Waals surface area (Å²) in [5, 5.41) is 19.3. The summed E-state index contributed by atoms with van der Waals surface area (Å²) in [6, 6.07) is 24.7. The molecule has 0 aromatic heterocycles. The second-order valence-electron chi connectivity index (χ2n) is 6.94. The van der Waals surface area contributed by atoms with Crippen molar-refractivity contribution in [3.63, 3.8) is 0 Å². The number of benzene rings is 4. The Morgan fingerprint density at radius 2 is 1.58 bits per heavy atom. The predicted octanol–water partition coefficient (Wildman–Crippen LogP) is 5.28. The second kappa shape index (κ2) is 9.40. The van der Waals surface area contributed by atoms with Gasteiger partial charge in [0.25, 0.3) is 5.69 Å². The molecular formula is C24H19N3O3S. The number of amides is 1. The number of nitrogens with one attached hydrogen (secondary N) is 1. The summed E-state index contributed by atoms with van der Waals surface area (Å²) in [4.78, 5) is 22.4. The molecule has 7 heteroatoms. The summed E-state index contributed by atoms with van der Waals surface area (Å²) in [5.41, 5.74) is 4.54. The number of carbonyl (C=O) groups excluding carboxylic acids is 1. The Labute approximate surface area is 183 Å². The first kappa shape index (κ1) is 20.6. The topological polar surface area (TPSA) is 84.6 Å². The molecule has 31 heavy (non-hydrogen) atoms. The van der Waals surface area contributed by atoms with E-state index in [0.29, 0.717) is 5.75 Å². The van der Waals surface area contributed by atoms with Crippen molar-refractivity contribution in [3.8, 4) is 0 Å². The van der Waals surface area contributed by atoms with E-state index in [0.717, 1.165) is 32.7 Å². The quantitative estimate of drug-likeness (QED) is 0.187. The zero-order valence-corrected chi connectivity index (χ0v) is 17.3. The van der Waals surface area contributed by atoms with Gasteiger partial charge in [-0.2, -0.15) is 5.10 Å². The largest absolute Gasteiger partial charge is 0.272 e. The summed E-state index contributed by atoms with van der Waals surface area (Å²) in [7, 11) is 0. The third kappa shape index (κ3) is 4.90. The molecule has 0 aliphatic rings. The number of fused-ring (bicyclic) bond motifs is 2. The highest BCUT2D eigenvalue weighted by molar-refractivity contribution is 7.99. The van der Waals surface area contributed by atoms with Crippen molar-refractivity contribution in [2.75, 3.05) is 5.75 Å². The molecule has 0 aliphatic carbocycles. The molecule has 154 valence electrons. The van der Waals surface area contributed by atoms with E-state index in [1.54, 1.807) is 18.3 Å². The van der Waals surface area contributed by atoms with Crippen LogP contribution in [0.3, 0.4) is 0 Å². The van der Waals surface area contributed by atoms with E-state index in [-0.39, 0.29) is 17.3 Å². The van der Waals surface area contributed by atoms with E-state index in [4.69, 9.17) is 0 Å². The molecule has 0 saturated carbocycles. The molecule has 4 aromatic rings. The van der Waals surface area contributed by atoms with Crippen LogP contribution in [0.4, 0.5) is 5.69 Å². The summed E-state index contributed by atoms with van der Waals surface area (Å²) < 4.78 is 0. The van der Waals surface area contributed by atoms with Gasteiger partial charge in [0.2, 0.25) is 5.91 Å². The van der Waals surface area contributed by atoms with Crippen LogP contribution in [0.5, 0.6) is 0 Å². The zero-order valence-electron chi connectivity index (χ0n) is 16.5. The van der Waals surface area contributed by atoms with Gasteiger partial charge >= 0.3 is 0 Å². The maximum Gasteiger partial charge on any atom is 0.269 e. The number of thioether (sulfide) groups is 1. The smallest absolute Gasteiger partial charge is 0.269 e. The van der Waals surface area contributed by atoms with Gasteiger partial charge in [-0.3, -0.25) is 14.9 Å².